The molecule has 5 rings (SSSR count). The SMILES string of the molecule is CCn1cc(CN2CC[C@@H]3[C@H](C2)[C@@H](c2ccc(OC)cc2)CN3C(=O)C2CCC2)cn1. The highest BCUT2D eigenvalue weighted by atomic mass is 16.5. The normalized spacial score (nSPS) is 26.5. The van der Waals surface area contributed by atoms with Crippen LogP contribution < -0.4 is 4.74 Å². The van der Waals surface area contributed by atoms with E-state index in [9.17, 15) is 4.79 Å². The van der Waals surface area contributed by atoms with Crippen LogP contribution in [-0.2, 0) is 17.9 Å². The van der Waals surface area contributed by atoms with Gasteiger partial charge in [-0.1, -0.05) is 18.6 Å². The Hall–Kier alpha value is -2.34. The number of carbonyl (C=O) groups is 1. The lowest BCUT2D eigenvalue weighted by molar-refractivity contribution is -0.140. The van der Waals surface area contributed by atoms with Crippen molar-refractivity contribution in [1.82, 2.24) is 19.6 Å². The average Bonchev–Trinajstić information content (AvgIpc) is 3.37. The number of ether oxygens (including phenoxy) is 1. The van der Waals surface area contributed by atoms with Gasteiger partial charge in [0.05, 0.1) is 13.3 Å². The van der Waals surface area contributed by atoms with Crippen molar-refractivity contribution in [2.24, 2.45) is 11.8 Å². The number of aryl methyl sites for hydroxylation is 1. The zero-order chi connectivity index (χ0) is 21.4. The molecule has 31 heavy (non-hydrogen) atoms. The highest BCUT2D eigenvalue weighted by molar-refractivity contribution is 5.80. The van der Waals surface area contributed by atoms with E-state index >= 15 is 0 Å². The van der Waals surface area contributed by atoms with Gasteiger partial charge in [0.1, 0.15) is 5.75 Å². The maximum atomic E-state index is 13.2. The number of piperidine rings is 1. The first-order valence-electron chi connectivity index (χ1n) is 11.8. The van der Waals surface area contributed by atoms with Gasteiger partial charge in [-0.3, -0.25) is 14.4 Å². The van der Waals surface area contributed by atoms with Crippen molar-refractivity contribution in [3.05, 3.63) is 47.8 Å². The lowest BCUT2D eigenvalue weighted by atomic mass is 9.81. The van der Waals surface area contributed by atoms with Crippen molar-refractivity contribution in [1.29, 1.82) is 0 Å². The number of amides is 1. The first kappa shape index (κ1) is 20.6. The first-order valence-corrected chi connectivity index (χ1v) is 11.8. The average molecular weight is 423 g/mol. The molecule has 1 aliphatic carbocycles. The summed E-state index contributed by atoms with van der Waals surface area (Å²) >= 11 is 0. The summed E-state index contributed by atoms with van der Waals surface area (Å²) in [4.78, 5) is 18.1. The summed E-state index contributed by atoms with van der Waals surface area (Å²) < 4.78 is 7.36. The van der Waals surface area contributed by atoms with Crippen LogP contribution in [0.3, 0.4) is 0 Å². The van der Waals surface area contributed by atoms with Crippen LogP contribution in [0.2, 0.25) is 0 Å². The highest BCUT2D eigenvalue weighted by Crippen LogP contribution is 2.44. The van der Waals surface area contributed by atoms with Crippen LogP contribution in [0.4, 0.5) is 0 Å². The van der Waals surface area contributed by atoms with Gasteiger partial charge in [0.25, 0.3) is 0 Å². The number of nitrogens with zero attached hydrogens (tertiary/aromatic N) is 4. The molecule has 3 heterocycles. The molecule has 0 radical (unpaired) electrons. The second kappa shape index (κ2) is 8.65. The molecule has 0 spiro atoms. The van der Waals surface area contributed by atoms with E-state index in [2.05, 4.69) is 52.3 Å². The van der Waals surface area contributed by atoms with Crippen molar-refractivity contribution < 1.29 is 9.53 Å². The van der Waals surface area contributed by atoms with Gasteiger partial charge in [-0.15, -0.1) is 0 Å². The predicted octanol–water partition coefficient (Wildman–Crippen LogP) is 3.53. The molecule has 2 aliphatic heterocycles. The summed E-state index contributed by atoms with van der Waals surface area (Å²) in [5, 5.41) is 4.44. The van der Waals surface area contributed by atoms with Gasteiger partial charge in [0.15, 0.2) is 0 Å². The molecule has 0 bridgehead atoms. The summed E-state index contributed by atoms with van der Waals surface area (Å²) in [5.41, 5.74) is 2.61. The number of benzene rings is 1. The highest BCUT2D eigenvalue weighted by Gasteiger charge is 2.48. The number of rotatable bonds is 6. The fourth-order valence-corrected chi connectivity index (χ4v) is 5.71. The number of carbonyl (C=O) groups excluding carboxylic acids is 1. The van der Waals surface area contributed by atoms with Gasteiger partial charge >= 0.3 is 0 Å². The quantitative estimate of drug-likeness (QED) is 0.715. The Bertz CT molecular complexity index is 905. The van der Waals surface area contributed by atoms with Crippen LogP contribution in [0, 0.1) is 11.8 Å². The van der Waals surface area contributed by atoms with Crippen LogP contribution in [0.5, 0.6) is 5.75 Å². The standard InChI is InChI=1S/C25H34N4O2/c1-3-28-15-18(13-26-28)14-27-12-11-24-23(16-27)22(19-7-9-21(31-2)10-8-19)17-29(24)25(30)20-5-4-6-20/h7-10,13,15,20,22-24H,3-6,11-12,14,16-17H2,1-2H3/t22-,23-,24-/m1/s1. The minimum atomic E-state index is 0.271. The molecule has 6 nitrogen and oxygen atoms in total. The van der Waals surface area contributed by atoms with Crippen LogP contribution >= 0.6 is 0 Å². The molecular formula is C25H34N4O2. The second-order valence-corrected chi connectivity index (χ2v) is 9.46. The Morgan fingerprint density at radius 2 is 1.97 bits per heavy atom. The smallest absolute Gasteiger partial charge is 0.225 e. The van der Waals surface area contributed by atoms with Crippen molar-refractivity contribution in [2.75, 3.05) is 26.7 Å². The third kappa shape index (κ3) is 3.98. The molecular weight excluding hydrogens is 388 g/mol. The van der Waals surface area contributed by atoms with E-state index < -0.39 is 0 Å². The number of likely N-dealkylation sites (tertiary alicyclic amines) is 2. The lowest BCUT2D eigenvalue weighted by Gasteiger charge is -2.40. The van der Waals surface area contributed by atoms with Crippen molar-refractivity contribution in [2.45, 2.75) is 57.7 Å². The van der Waals surface area contributed by atoms with Crippen molar-refractivity contribution >= 4 is 5.91 Å². The summed E-state index contributed by atoms with van der Waals surface area (Å²) in [6.45, 7) is 6.90. The molecule has 2 saturated heterocycles. The molecule has 0 N–H and O–H groups in total. The van der Waals surface area contributed by atoms with E-state index in [0.29, 0.717) is 23.8 Å². The van der Waals surface area contributed by atoms with Gasteiger partial charge in [0.2, 0.25) is 5.91 Å². The van der Waals surface area contributed by atoms with E-state index in [4.69, 9.17) is 4.74 Å². The van der Waals surface area contributed by atoms with Crippen LogP contribution in [0.15, 0.2) is 36.7 Å². The molecule has 6 heteroatoms. The molecule has 166 valence electrons. The molecule has 1 aromatic carbocycles. The number of hydrogen-bond acceptors (Lipinski definition) is 4. The third-order valence-electron chi connectivity index (χ3n) is 7.71. The van der Waals surface area contributed by atoms with E-state index in [-0.39, 0.29) is 5.92 Å². The maximum absolute atomic E-state index is 13.2. The fraction of sp³-hybridized carbons (Fsp3) is 0.600. The van der Waals surface area contributed by atoms with Gasteiger partial charge in [-0.25, -0.2) is 0 Å². The molecule has 1 aromatic heterocycles. The fourth-order valence-electron chi connectivity index (χ4n) is 5.71. The molecule has 1 amide bonds. The monoisotopic (exact) mass is 422 g/mol. The van der Waals surface area contributed by atoms with Crippen LogP contribution in [-0.4, -0.2) is 58.3 Å². The zero-order valence-corrected chi connectivity index (χ0v) is 18.7. The molecule has 3 aliphatic rings. The van der Waals surface area contributed by atoms with E-state index in [1.54, 1.807) is 7.11 Å². The predicted molar refractivity (Wildman–Crippen MR) is 120 cm³/mol. The van der Waals surface area contributed by atoms with Crippen LogP contribution in [0.25, 0.3) is 0 Å². The summed E-state index contributed by atoms with van der Waals surface area (Å²) in [7, 11) is 1.71. The summed E-state index contributed by atoms with van der Waals surface area (Å²) in [6.07, 6.45) is 8.59. The largest absolute Gasteiger partial charge is 0.497 e. The topological polar surface area (TPSA) is 50.6 Å². The molecule has 1 saturated carbocycles. The third-order valence-corrected chi connectivity index (χ3v) is 7.71. The Balaban J connectivity index is 1.36. The molecule has 3 fully saturated rings. The first-order chi connectivity index (χ1) is 15.2. The molecule has 3 atom stereocenters. The zero-order valence-electron chi connectivity index (χ0n) is 18.7. The van der Waals surface area contributed by atoms with Gasteiger partial charge in [-0.05, 0) is 43.9 Å². The maximum Gasteiger partial charge on any atom is 0.225 e. The minimum Gasteiger partial charge on any atom is -0.497 e. The molecule has 2 aromatic rings. The molecule has 0 unspecified atom stereocenters. The Morgan fingerprint density at radius 3 is 2.61 bits per heavy atom. The van der Waals surface area contributed by atoms with E-state index in [0.717, 1.165) is 57.7 Å². The van der Waals surface area contributed by atoms with Gasteiger partial charge < -0.3 is 9.64 Å². The van der Waals surface area contributed by atoms with Crippen molar-refractivity contribution in [3.63, 3.8) is 0 Å². The number of hydrogen-bond donors (Lipinski definition) is 0. The summed E-state index contributed by atoms with van der Waals surface area (Å²) in [6, 6.07) is 8.88. The van der Waals surface area contributed by atoms with E-state index in [1.807, 2.05) is 10.9 Å². The van der Waals surface area contributed by atoms with Crippen LogP contribution in [0.1, 0.15) is 49.7 Å². The summed E-state index contributed by atoms with van der Waals surface area (Å²) in [5.74, 6) is 2.44. The number of aromatic nitrogens is 2. The minimum absolute atomic E-state index is 0.271. The van der Waals surface area contributed by atoms with Gasteiger partial charge in [0, 0.05) is 68.3 Å². The lowest BCUT2D eigenvalue weighted by Crippen LogP contribution is -2.49. The Labute approximate surface area is 185 Å². The van der Waals surface area contributed by atoms with E-state index in [1.165, 1.54) is 17.5 Å². The Kier molecular flexibility index (Phi) is 5.74. The second-order valence-electron chi connectivity index (χ2n) is 9.46. The number of methoxy groups -OCH3 is 1. The van der Waals surface area contributed by atoms with Gasteiger partial charge in [-0.2, -0.15) is 5.10 Å². The van der Waals surface area contributed by atoms with Crippen molar-refractivity contribution in [3.8, 4) is 5.75 Å². The Morgan fingerprint density at radius 1 is 1.16 bits per heavy atom. The number of fused-ring (bicyclic) bond motifs is 1.